The number of sulfonamides is 1. The second-order valence-corrected chi connectivity index (χ2v) is 11.9. The molecule has 0 aliphatic carbocycles. The molecule has 1 atom stereocenters. The van der Waals surface area contributed by atoms with Crippen molar-refractivity contribution >= 4 is 27.5 Å². The van der Waals surface area contributed by atoms with Crippen LogP contribution in [0.4, 0.5) is 10.1 Å². The lowest BCUT2D eigenvalue weighted by molar-refractivity contribution is -0.139. The van der Waals surface area contributed by atoms with Gasteiger partial charge in [0, 0.05) is 18.2 Å². The molecular weight excluding hydrogens is 517 g/mol. The molecule has 1 N–H and O–H groups in total. The number of nitrogens with one attached hydrogen (secondary N) is 1. The Balaban J connectivity index is 2.09. The molecule has 39 heavy (non-hydrogen) atoms. The number of aryl methyl sites for hydroxylation is 3. The Labute approximate surface area is 230 Å². The molecule has 0 aliphatic rings. The van der Waals surface area contributed by atoms with Crippen molar-refractivity contribution < 1.29 is 22.4 Å². The normalized spacial score (nSPS) is 12.2. The third-order valence-corrected chi connectivity index (χ3v) is 8.19. The summed E-state index contributed by atoms with van der Waals surface area (Å²) in [6, 6.07) is 16.6. The summed E-state index contributed by atoms with van der Waals surface area (Å²) in [5.41, 5.74) is 2.95. The smallest absolute Gasteiger partial charge is 0.264 e. The molecule has 3 aromatic rings. The molecule has 0 saturated heterocycles. The number of carbonyl (C=O) groups excluding carboxylic acids is 2. The fourth-order valence-corrected chi connectivity index (χ4v) is 5.61. The van der Waals surface area contributed by atoms with E-state index in [2.05, 4.69) is 5.32 Å². The molecule has 0 unspecified atom stereocenters. The van der Waals surface area contributed by atoms with Gasteiger partial charge in [-0.05, 0) is 76.9 Å². The number of nitrogens with zero attached hydrogens (tertiary/aromatic N) is 2. The third kappa shape index (κ3) is 7.23. The van der Waals surface area contributed by atoms with E-state index in [4.69, 9.17) is 0 Å². The van der Waals surface area contributed by atoms with Gasteiger partial charge in [0.1, 0.15) is 18.4 Å². The van der Waals surface area contributed by atoms with Gasteiger partial charge < -0.3 is 10.2 Å². The van der Waals surface area contributed by atoms with Gasteiger partial charge in [-0.25, -0.2) is 12.8 Å². The predicted molar refractivity (Wildman–Crippen MR) is 151 cm³/mol. The highest BCUT2D eigenvalue weighted by atomic mass is 32.2. The Morgan fingerprint density at radius 1 is 0.897 bits per heavy atom. The Kier molecular flexibility index (Phi) is 9.50. The second-order valence-electron chi connectivity index (χ2n) is 10.1. The fraction of sp³-hybridized carbons (Fsp3) is 0.333. The topological polar surface area (TPSA) is 86.8 Å². The highest BCUT2D eigenvalue weighted by Gasteiger charge is 2.33. The molecule has 0 spiro atoms. The van der Waals surface area contributed by atoms with Gasteiger partial charge in [0.15, 0.2) is 0 Å². The zero-order chi connectivity index (χ0) is 28.9. The van der Waals surface area contributed by atoms with Gasteiger partial charge in [0.2, 0.25) is 11.8 Å². The van der Waals surface area contributed by atoms with Crippen molar-refractivity contribution in [2.24, 2.45) is 0 Å². The summed E-state index contributed by atoms with van der Waals surface area (Å²) in [5.74, 6) is -1.58. The van der Waals surface area contributed by atoms with Gasteiger partial charge in [-0.2, -0.15) is 0 Å². The van der Waals surface area contributed by atoms with Gasteiger partial charge in [-0.15, -0.1) is 0 Å². The Bertz CT molecular complexity index is 1440. The molecule has 2 amide bonds. The van der Waals surface area contributed by atoms with E-state index in [-0.39, 0.29) is 23.0 Å². The van der Waals surface area contributed by atoms with Crippen LogP contribution in [0.25, 0.3) is 0 Å². The summed E-state index contributed by atoms with van der Waals surface area (Å²) >= 11 is 0. The standard InChI is InChI=1S/C30H36FN3O4S/c1-20(2)32-30(36)24(6)33(18-25-9-7-8-10-27(25)31)29(35)19-34(28-17-22(4)11-14-23(28)5)39(37,38)26-15-12-21(3)13-16-26/h7-17,20,24H,18-19H2,1-6H3,(H,32,36)/t24-/m1/s1. The summed E-state index contributed by atoms with van der Waals surface area (Å²) in [6.07, 6.45) is 0. The molecule has 0 saturated carbocycles. The number of hydrogen-bond acceptors (Lipinski definition) is 4. The van der Waals surface area contributed by atoms with E-state index in [0.717, 1.165) is 15.4 Å². The van der Waals surface area contributed by atoms with Gasteiger partial charge in [-0.3, -0.25) is 13.9 Å². The molecule has 208 valence electrons. The molecule has 0 heterocycles. The van der Waals surface area contributed by atoms with Crippen LogP contribution >= 0.6 is 0 Å². The van der Waals surface area contributed by atoms with E-state index >= 15 is 0 Å². The number of halogens is 1. The van der Waals surface area contributed by atoms with Crippen LogP contribution in [0, 0.1) is 26.6 Å². The number of rotatable bonds is 10. The summed E-state index contributed by atoms with van der Waals surface area (Å²) < 4.78 is 43.6. The lowest BCUT2D eigenvalue weighted by Gasteiger charge is -2.33. The lowest BCUT2D eigenvalue weighted by Crippen LogP contribution is -2.52. The van der Waals surface area contributed by atoms with Crippen molar-refractivity contribution in [3.8, 4) is 0 Å². The average molecular weight is 554 g/mol. The van der Waals surface area contributed by atoms with Crippen LogP contribution in [0.2, 0.25) is 0 Å². The zero-order valence-corrected chi connectivity index (χ0v) is 24.0. The van der Waals surface area contributed by atoms with Crippen molar-refractivity contribution in [2.45, 2.75) is 65.1 Å². The Morgan fingerprint density at radius 2 is 1.51 bits per heavy atom. The third-order valence-electron chi connectivity index (χ3n) is 6.42. The molecule has 0 bridgehead atoms. The highest BCUT2D eigenvalue weighted by Crippen LogP contribution is 2.29. The van der Waals surface area contributed by atoms with Crippen molar-refractivity contribution in [2.75, 3.05) is 10.8 Å². The summed E-state index contributed by atoms with van der Waals surface area (Å²) in [7, 11) is -4.17. The monoisotopic (exact) mass is 553 g/mol. The number of anilines is 1. The zero-order valence-electron chi connectivity index (χ0n) is 23.2. The van der Waals surface area contributed by atoms with Crippen LogP contribution in [0.15, 0.2) is 71.6 Å². The molecule has 3 aromatic carbocycles. The first kappa shape index (κ1) is 29.8. The molecule has 0 aliphatic heterocycles. The molecule has 0 radical (unpaired) electrons. The van der Waals surface area contributed by atoms with Gasteiger partial charge in [0.25, 0.3) is 10.0 Å². The maximum atomic E-state index is 14.6. The molecule has 0 aromatic heterocycles. The first-order chi connectivity index (χ1) is 18.3. The van der Waals surface area contributed by atoms with E-state index in [1.807, 2.05) is 19.9 Å². The van der Waals surface area contributed by atoms with Crippen LogP contribution in [0.3, 0.4) is 0 Å². The minimum atomic E-state index is -4.17. The van der Waals surface area contributed by atoms with E-state index in [1.54, 1.807) is 58.0 Å². The number of carbonyl (C=O) groups is 2. The molecular formula is C30H36FN3O4S. The lowest BCUT2D eigenvalue weighted by atomic mass is 10.1. The van der Waals surface area contributed by atoms with Crippen molar-refractivity contribution in [1.29, 1.82) is 0 Å². The number of hydrogen-bond donors (Lipinski definition) is 1. The van der Waals surface area contributed by atoms with Crippen LogP contribution in [0.5, 0.6) is 0 Å². The summed E-state index contributed by atoms with van der Waals surface area (Å²) in [5, 5.41) is 2.78. The van der Waals surface area contributed by atoms with E-state index < -0.39 is 40.2 Å². The van der Waals surface area contributed by atoms with Crippen LogP contribution in [0.1, 0.15) is 43.0 Å². The van der Waals surface area contributed by atoms with E-state index in [9.17, 15) is 22.4 Å². The molecule has 9 heteroatoms. The Hall–Kier alpha value is -3.72. The first-order valence-corrected chi connectivity index (χ1v) is 14.2. The average Bonchev–Trinajstić information content (AvgIpc) is 2.87. The van der Waals surface area contributed by atoms with Gasteiger partial charge >= 0.3 is 0 Å². The number of amides is 2. The molecule has 3 rings (SSSR count). The minimum absolute atomic E-state index is 0.0352. The fourth-order valence-electron chi connectivity index (χ4n) is 4.14. The highest BCUT2D eigenvalue weighted by molar-refractivity contribution is 7.92. The van der Waals surface area contributed by atoms with E-state index in [0.29, 0.717) is 11.3 Å². The molecule has 7 nitrogen and oxygen atoms in total. The first-order valence-electron chi connectivity index (χ1n) is 12.8. The van der Waals surface area contributed by atoms with Gasteiger partial charge in [0.05, 0.1) is 10.6 Å². The summed E-state index contributed by atoms with van der Waals surface area (Å²) in [4.78, 5) is 28.1. The Morgan fingerprint density at radius 3 is 2.13 bits per heavy atom. The van der Waals surface area contributed by atoms with Crippen LogP contribution < -0.4 is 9.62 Å². The van der Waals surface area contributed by atoms with Gasteiger partial charge in [-0.1, -0.05) is 48.0 Å². The van der Waals surface area contributed by atoms with Crippen LogP contribution in [-0.4, -0.2) is 43.8 Å². The van der Waals surface area contributed by atoms with E-state index in [1.165, 1.54) is 35.2 Å². The molecule has 0 fully saturated rings. The van der Waals surface area contributed by atoms with Crippen molar-refractivity contribution in [3.05, 3.63) is 94.8 Å². The van der Waals surface area contributed by atoms with Crippen LogP contribution in [-0.2, 0) is 26.2 Å². The summed E-state index contributed by atoms with van der Waals surface area (Å²) in [6.45, 7) is 9.82. The van der Waals surface area contributed by atoms with Crippen molar-refractivity contribution in [3.63, 3.8) is 0 Å². The quantitative estimate of drug-likeness (QED) is 0.387. The SMILES string of the molecule is Cc1ccc(S(=O)(=O)N(CC(=O)N(Cc2ccccc2F)[C@H](C)C(=O)NC(C)C)c2cc(C)ccc2C)cc1. The maximum absolute atomic E-state index is 14.6. The minimum Gasteiger partial charge on any atom is -0.352 e. The number of benzene rings is 3. The predicted octanol–water partition coefficient (Wildman–Crippen LogP) is 4.89. The van der Waals surface area contributed by atoms with Crippen molar-refractivity contribution in [1.82, 2.24) is 10.2 Å². The second kappa shape index (κ2) is 12.4. The maximum Gasteiger partial charge on any atom is 0.264 e. The largest absolute Gasteiger partial charge is 0.352 e.